The molecular formula is C13H25N3O2S. The van der Waals surface area contributed by atoms with Crippen LogP contribution in [0.25, 0.3) is 0 Å². The zero-order chi connectivity index (χ0) is 14.1. The highest BCUT2D eigenvalue weighted by molar-refractivity contribution is 7.15. The van der Waals surface area contributed by atoms with Crippen molar-refractivity contribution in [1.29, 1.82) is 0 Å². The number of thiazole rings is 1. The van der Waals surface area contributed by atoms with Gasteiger partial charge >= 0.3 is 0 Å². The fourth-order valence-corrected chi connectivity index (χ4v) is 2.33. The molecule has 0 spiro atoms. The number of hydrogen-bond acceptors (Lipinski definition) is 6. The van der Waals surface area contributed by atoms with Crippen LogP contribution in [0.3, 0.4) is 0 Å². The van der Waals surface area contributed by atoms with Gasteiger partial charge in [-0.2, -0.15) is 0 Å². The Morgan fingerprint density at radius 3 is 2.89 bits per heavy atom. The van der Waals surface area contributed by atoms with Crippen molar-refractivity contribution in [3.8, 4) is 0 Å². The lowest BCUT2D eigenvalue weighted by molar-refractivity contribution is 0.0846. The molecule has 0 radical (unpaired) electrons. The topological polar surface area (TPSA) is 46.6 Å². The summed E-state index contributed by atoms with van der Waals surface area (Å²) in [6.45, 7) is 8.13. The molecule has 110 valence electrons. The summed E-state index contributed by atoms with van der Waals surface area (Å²) < 4.78 is 10.5. The summed E-state index contributed by atoms with van der Waals surface area (Å²) in [7, 11) is 3.76. The first-order valence-corrected chi connectivity index (χ1v) is 7.42. The van der Waals surface area contributed by atoms with Gasteiger partial charge in [0.25, 0.3) is 0 Å². The number of hydrogen-bond donors (Lipinski definition) is 1. The number of aromatic nitrogens is 1. The minimum absolute atomic E-state index is 0.283. The van der Waals surface area contributed by atoms with Crippen molar-refractivity contribution in [2.45, 2.75) is 26.5 Å². The summed E-state index contributed by atoms with van der Waals surface area (Å²) in [4.78, 5) is 7.80. The molecule has 0 aliphatic carbocycles. The molecular weight excluding hydrogens is 262 g/mol. The second-order valence-corrected chi connectivity index (χ2v) is 5.71. The number of ether oxygens (including phenoxy) is 2. The van der Waals surface area contributed by atoms with Crippen LogP contribution in [0.5, 0.6) is 0 Å². The molecule has 0 amide bonds. The first-order valence-electron chi connectivity index (χ1n) is 6.60. The monoisotopic (exact) mass is 287 g/mol. The SMILES string of the molecule is COCCNCc1cnc(N(C)CCOC(C)C)s1. The summed E-state index contributed by atoms with van der Waals surface area (Å²) in [5.41, 5.74) is 0. The molecule has 0 saturated heterocycles. The molecule has 0 atom stereocenters. The Kier molecular flexibility index (Phi) is 7.97. The largest absolute Gasteiger partial charge is 0.383 e. The minimum atomic E-state index is 0.283. The molecule has 0 saturated carbocycles. The average molecular weight is 287 g/mol. The van der Waals surface area contributed by atoms with Gasteiger partial charge in [-0.25, -0.2) is 4.98 Å². The van der Waals surface area contributed by atoms with Crippen molar-refractivity contribution in [2.75, 3.05) is 45.4 Å². The number of rotatable bonds is 10. The third kappa shape index (κ3) is 6.87. The fraction of sp³-hybridized carbons (Fsp3) is 0.769. The molecule has 1 heterocycles. The van der Waals surface area contributed by atoms with E-state index in [-0.39, 0.29) is 6.10 Å². The van der Waals surface area contributed by atoms with Crippen LogP contribution >= 0.6 is 11.3 Å². The fourth-order valence-electron chi connectivity index (χ4n) is 1.46. The van der Waals surface area contributed by atoms with Crippen LogP contribution < -0.4 is 10.2 Å². The van der Waals surface area contributed by atoms with Gasteiger partial charge in [0.1, 0.15) is 0 Å². The van der Waals surface area contributed by atoms with Gasteiger partial charge in [-0.1, -0.05) is 0 Å². The maximum absolute atomic E-state index is 5.54. The third-order valence-corrected chi connectivity index (χ3v) is 3.64. The van der Waals surface area contributed by atoms with Gasteiger partial charge in [-0.05, 0) is 13.8 Å². The summed E-state index contributed by atoms with van der Waals surface area (Å²) in [5.74, 6) is 0. The Balaban J connectivity index is 2.28. The molecule has 0 aliphatic heterocycles. The summed E-state index contributed by atoms with van der Waals surface area (Å²) in [6, 6.07) is 0. The second kappa shape index (κ2) is 9.25. The van der Waals surface area contributed by atoms with Gasteiger partial charge in [-0.3, -0.25) is 0 Å². The third-order valence-electron chi connectivity index (χ3n) is 2.53. The maximum Gasteiger partial charge on any atom is 0.185 e. The van der Waals surface area contributed by atoms with Crippen LogP contribution in [-0.4, -0.2) is 51.5 Å². The highest BCUT2D eigenvalue weighted by Gasteiger charge is 2.07. The second-order valence-electron chi connectivity index (χ2n) is 4.62. The highest BCUT2D eigenvalue weighted by atomic mass is 32.1. The standard InChI is InChI=1S/C13H25N3O2S/c1-11(2)18-8-6-16(3)13-15-10-12(19-13)9-14-5-7-17-4/h10-11,14H,5-9H2,1-4H3. The van der Waals surface area contributed by atoms with Crippen LogP contribution in [-0.2, 0) is 16.0 Å². The molecule has 1 aromatic rings. The van der Waals surface area contributed by atoms with Crippen molar-refractivity contribution >= 4 is 16.5 Å². The maximum atomic E-state index is 5.54. The quantitative estimate of drug-likeness (QED) is 0.664. The lowest BCUT2D eigenvalue weighted by Crippen LogP contribution is -2.23. The van der Waals surface area contributed by atoms with E-state index in [1.54, 1.807) is 18.4 Å². The Morgan fingerprint density at radius 1 is 1.42 bits per heavy atom. The zero-order valence-corrected chi connectivity index (χ0v) is 13.1. The van der Waals surface area contributed by atoms with E-state index in [1.807, 2.05) is 27.1 Å². The van der Waals surface area contributed by atoms with Crippen molar-refractivity contribution in [3.05, 3.63) is 11.1 Å². The van der Waals surface area contributed by atoms with E-state index in [0.717, 1.165) is 38.0 Å². The predicted molar refractivity (Wildman–Crippen MR) is 80.1 cm³/mol. The first kappa shape index (κ1) is 16.4. The molecule has 5 nitrogen and oxygen atoms in total. The Morgan fingerprint density at radius 2 is 2.21 bits per heavy atom. The van der Waals surface area contributed by atoms with E-state index in [0.29, 0.717) is 0 Å². The summed E-state index contributed by atoms with van der Waals surface area (Å²) >= 11 is 1.71. The van der Waals surface area contributed by atoms with Gasteiger partial charge in [0, 0.05) is 44.9 Å². The van der Waals surface area contributed by atoms with Gasteiger partial charge in [0.15, 0.2) is 5.13 Å². The minimum Gasteiger partial charge on any atom is -0.383 e. The smallest absolute Gasteiger partial charge is 0.185 e. The highest BCUT2D eigenvalue weighted by Crippen LogP contribution is 2.20. The van der Waals surface area contributed by atoms with E-state index in [4.69, 9.17) is 9.47 Å². The van der Waals surface area contributed by atoms with Crippen molar-refractivity contribution in [1.82, 2.24) is 10.3 Å². The first-order chi connectivity index (χ1) is 9.13. The average Bonchev–Trinajstić information content (AvgIpc) is 2.83. The molecule has 19 heavy (non-hydrogen) atoms. The molecule has 1 N–H and O–H groups in total. The number of nitrogens with zero attached hydrogens (tertiary/aromatic N) is 2. The van der Waals surface area contributed by atoms with Crippen molar-refractivity contribution < 1.29 is 9.47 Å². The zero-order valence-electron chi connectivity index (χ0n) is 12.3. The van der Waals surface area contributed by atoms with Crippen LogP contribution in [0.15, 0.2) is 6.20 Å². The summed E-state index contributed by atoms with van der Waals surface area (Å²) in [5, 5.41) is 4.35. The van der Waals surface area contributed by atoms with Gasteiger partial charge in [-0.15, -0.1) is 11.3 Å². The van der Waals surface area contributed by atoms with Crippen molar-refractivity contribution in [3.63, 3.8) is 0 Å². The number of nitrogens with one attached hydrogen (secondary N) is 1. The van der Waals surface area contributed by atoms with Crippen LogP contribution in [0.1, 0.15) is 18.7 Å². The number of anilines is 1. The van der Waals surface area contributed by atoms with Crippen LogP contribution in [0.4, 0.5) is 5.13 Å². The van der Waals surface area contributed by atoms with Crippen LogP contribution in [0, 0.1) is 0 Å². The van der Waals surface area contributed by atoms with E-state index in [9.17, 15) is 0 Å². The van der Waals surface area contributed by atoms with Gasteiger partial charge < -0.3 is 19.7 Å². The van der Waals surface area contributed by atoms with Crippen LogP contribution in [0.2, 0.25) is 0 Å². The number of likely N-dealkylation sites (N-methyl/N-ethyl adjacent to an activating group) is 1. The van der Waals surface area contributed by atoms with Crippen molar-refractivity contribution in [2.24, 2.45) is 0 Å². The predicted octanol–water partition coefficient (Wildman–Crippen LogP) is 1.74. The molecule has 0 fully saturated rings. The van der Waals surface area contributed by atoms with Gasteiger partial charge in [0.2, 0.25) is 0 Å². The normalized spacial score (nSPS) is 11.2. The van der Waals surface area contributed by atoms with E-state index >= 15 is 0 Å². The molecule has 1 rings (SSSR count). The molecule has 0 aliphatic rings. The molecule has 0 bridgehead atoms. The molecule has 1 aromatic heterocycles. The van der Waals surface area contributed by atoms with E-state index in [2.05, 4.69) is 15.2 Å². The number of methoxy groups -OCH3 is 1. The Hall–Kier alpha value is -0.690. The molecule has 6 heteroatoms. The van der Waals surface area contributed by atoms with Gasteiger partial charge in [0.05, 0.1) is 19.3 Å². The summed E-state index contributed by atoms with van der Waals surface area (Å²) in [6.07, 6.45) is 2.21. The molecule has 0 unspecified atom stereocenters. The lowest BCUT2D eigenvalue weighted by atomic mass is 10.5. The van der Waals surface area contributed by atoms with E-state index < -0.39 is 0 Å². The molecule has 0 aromatic carbocycles. The Labute approximate surface area is 119 Å². The lowest BCUT2D eigenvalue weighted by Gasteiger charge is -2.16. The van der Waals surface area contributed by atoms with E-state index in [1.165, 1.54) is 4.88 Å². The Bertz CT molecular complexity index is 344.